The lowest BCUT2D eigenvalue weighted by molar-refractivity contribution is 0.0526. The summed E-state index contributed by atoms with van der Waals surface area (Å²) < 4.78 is 9.55. The highest BCUT2D eigenvalue weighted by atomic mass is 16.5. The highest BCUT2D eigenvalue weighted by molar-refractivity contribution is 5.93. The number of esters is 1. The highest BCUT2D eigenvalue weighted by Gasteiger charge is 2.11. The van der Waals surface area contributed by atoms with Crippen molar-refractivity contribution in [2.75, 3.05) is 6.61 Å². The predicted molar refractivity (Wildman–Crippen MR) is 50.1 cm³/mol. The summed E-state index contributed by atoms with van der Waals surface area (Å²) in [7, 11) is 0. The van der Waals surface area contributed by atoms with Gasteiger partial charge in [-0.15, -0.1) is 0 Å². The van der Waals surface area contributed by atoms with Gasteiger partial charge in [0.1, 0.15) is 5.52 Å². The van der Waals surface area contributed by atoms with Crippen LogP contribution in [0.5, 0.6) is 6.08 Å². The number of ether oxygens (including phenoxy) is 1. The first kappa shape index (κ1) is 9.51. The Hall–Kier alpha value is -2.04. The zero-order valence-corrected chi connectivity index (χ0v) is 8.02. The van der Waals surface area contributed by atoms with Crippen LogP contribution in [-0.4, -0.2) is 17.6 Å². The maximum atomic E-state index is 11.3. The second kappa shape index (κ2) is 3.61. The predicted octanol–water partition coefficient (Wildman–Crippen LogP) is 2.15. The Bertz CT molecular complexity index is 503. The van der Waals surface area contributed by atoms with Gasteiger partial charge in [-0.05, 0) is 25.1 Å². The van der Waals surface area contributed by atoms with E-state index in [9.17, 15) is 9.90 Å². The molecule has 1 radical (unpaired) electrons. The number of carbonyl (C=O) groups excluding carboxylic acids is 1. The van der Waals surface area contributed by atoms with Gasteiger partial charge in [0.2, 0.25) is 0 Å². The monoisotopic (exact) mass is 206 g/mol. The van der Waals surface area contributed by atoms with Gasteiger partial charge in [-0.3, -0.25) is 0 Å². The summed E-state index contributed by atoms with van der Waals surface area (Å²) >= 11 is 0. The van der Waals surface area contributed by atoms with Gasteiger partial charge in [0, 0.05) is 0 Å². The Morgan fingerprint density at radius 3 is 3.07 bits per heavy atom. The van der Waals surface area contributed by atoms with Gasteiger partial charge in [0.15, 0.2) is 5.58 Å². The second-order valence-electron chi connectivity index (χ2n) is 2.88. The minimum atomic E-state index is -0.661. The minimum Gasteiger partial charge on any atom is -0.462 e. The van der Waals surface area contributed by atoms with Gasteiger partial charge in [-0.2, -0.15) is 4.98 Å². The Morgan fingerprint density at radius 1 is 1.53 bits per heavy atom. The van der Waals surface area contributed by atoms with Crippen molar-refractivity contribution in [1.29, 1.82) is 0 Å². The van der Waals surface area contributed by atoms with Gasteiger partial charge in [-0.1, -0.05) is 0 Å². The van der Waals surface area contributed by atoms with Crippen molar-refractivity contribution in [3.05, 3.63) is 23.8 Å². The maximum Gasteiger partial charge on any atom is 0.439 e. The quantitative estimate of drug-likeness (QED) is 0.705. The Labute approximate surface area is 85.3 Å². The first-order chi connectivity index (χ1) is 7.20. The van der Waals surface area contributed by atoms with E-state index in [2.05, 4.69) is 4.98 Å². The van der Waals surface area contributed by atoms with Crippen LogP contribution in [0.25, 0.3) is 11.1 Å². The largest absolute Gasteiger partial charge is 0.462 e. The van der Waals surface area contributed by atoms with E-state index >= 15 is 0 Å². The van der Waals surface area contributed by atoms with E-state index in [1.54, 1.807) is 6.92 Å². The number of fused-ring (bicyclic) bond motifs is 1. The molecule has 1 heterocycles. The molecular formula is C10H8NO4. The standard InChI is InChI=1S/C10H8NO4/c1-2-14-9(12)6-3-4-8-7(5-6)11-10(13)15-8/h3-5H,2H2,1H3. The molecule has 0 aliphatic rings. The molecule has 0 unspecified atom stereocenters. The molecule has 15 heavy (non-hydrogen) atoms. The summed E-state index contributed by atoms with van der Waals surface area (Å²) in [5, 5.41) is 10.8. The van der Waals surface area contributed by atoms with Crippen molar-refractivity contribution in [2.45, 2.75) is 6.92 Å². The molecule has 0 bridgehead atoms. The smallest absolute Gasteiger partial charge is 0.439 e. The summed E-state index contributed by atoms with van der Waals surface area (Å²) in [6.07, 6.45) is -0.661. The number of benzene rings is 1. The molecular weight excluding hydrogens is 198 g/mol. The first-order valence-corrected chi connectivity index (χ1v) is 4.45. The van der Waals surface area contributed by atoms with Crippen LogP contribution in [0.2, 0.25) is 0 Å². The summed E-state index contributed by atoms with van der Waals surface area (Å²) in [4.78, 5) is 14.9. The van der Waals surface area contributed by atoms with Gasteiger partial charge >= 0.3 is 12.0 Å². The van der Waals surface area contributed by atoms with E-state index in [1.165, 1.54) is 18.2 Å². The molecule has 0 aliphatic heterocycles. The number of hydrogen-bond acceptors (Lipinski definition) is 4. The van der Waals surface area contributed by atoms with Crippen LogP contribution in [0.15, 0.2) is 22.6 Å². The van der Waals surface area contributed by atoms with E-state index in [0.29, 0.717) is 23.3 Å². The lowest BCUT2D eigenvalue weighted by atomic mass is 10.2. The number of carbonyl (C=O) groups is 1. The number of aromatic nitrogens is 1. The molecule has 0 N–H and O–H groups in total. The summed E-state index contributed by atoms with van der Waals surface area (Å²) in [6, 6.07) is 4.53. The molecule has 0 saturated carbocycles. The molecule has 5 nitrogen and oxygen atoms in total. The summed E-state index contributed by atoms with van der Waals surface area (Å²) in [5.41, 5.74) is 1.09. The lowest BCUT2D eigenvalue weighted by Crippen LogP contribution is -2.03. The zero-order valence-electron chi connectivity index (χ0n) is 8.02. The van der Waals surface area contributed by atoms with Gasteiger partial charge in [-0.25, -0.2) is 9.90 Å². The zero-order chi connectivity index (χ0) is 10.8. The van der Waals surface area contributed by atoms with Crippen molar-refractivity contribution in [2.24, 2.45) is 0 Å². The fraction of sp³-hybridized carbons (Fsp3) is 0.200. The maximum absolute atomic E-state index is 11.3. The normalized spacial score (nSPS) is 10.5. The van der Waals surface area contributed by atoms with Crippen LogP contribution in [0.3, 0.4) is 0 Å². The van der Waals surface area contributed by atoms with Crippen LogP contribution in [-0.2, 0) is 9.84 Å². The van der Waals surface area contributed by atoms with Crippen molar-refractivity contribution in [3.63, 3.8) is 0 Å². The van der Waals surface area contributed by atoms with Crippen molar-refractivity contribution >= 4 is 17.1 Å². The van der Waals surface area contributed by atoms with Crippen molar-refractivity contribution in [3.8, 4) is 6.08 Å². The third kappa shape index (κ3) is 1.76. The minimum absolute atomic E-state index is 0.308. The van der Waals surface area contributed by atoms with Gasteiger partial charge in [0.05, 0.1) is 12.2 Å². The summed E-state index contributed by atoms with van der Waals surface area (Å²) in [6.45, 7) is 2.03. The molecule has 1 aromatic heterocycles. The van der Waals surface area contributed by atoms with E-state index < -0.39 is 12.0 Å². The third-order valence-corrected chi connectivity index (χ3v) is 1.88. The molecule has 0 aliphatic carbocycles. The molecule has 0 amide bonds. The van der Waals surface area contributed by atoms with Crippen LogP contribution < -0.4 is 0 Å². The number of rotatable bonds is 2. The fourth-order valence-electron chi connectivity index (χ4n) is 1.25. The molecule has 0 saturated heterocycles. The molecule has 2 aromatic rings. The molecule has 1 aromatic carbocycles. The van der Waals surface area contributed by atoms with Crippen LogP contribution >= 0.6 is 0 Å². The van der Waals surface area contributed by atoms with Crippen molar-refractivity contribution in [1.82, 2.24) is 4.98 Å². The Kier molecular flexibility index (Phi) is 2.29. The SMILES string of the molecule is CCOC(=O)c1ccc2oc([O])nc2c1. The van der Waals surface area contributed by atoms with Crippen molar-refractivity contribution < 1.29 is 19.1 Å². The summed E-state index contributed by atoms with van der Waals surface area (Å²) in [5.74, 6) is -0.435. The van der Waals surface area contributed by atoms with E-state index in [1.807, 2.05) is 0 Å². The molecule has 2 rings (SSSR count). The average Bonchev–Trinajstić information content (AvgIpc) is 2.57. The fourth-order valence-corrected chi connectivity index (χ4v) is 1.25. The highest BCUT2D eigenvalue weighted by Crippen LogP contribution is 2.21. The van der Waals surface area contributed by atoms with Crippen LogP contribution in [0.1, 0.15) is 17.3 Å². The molecule has 5 heteroatoms. The lowest BCUT2D eigenvalue weighted by Gasteiger charge is -1.99. The van der Waals surface area contributed by atoms with Gasteiger partial charge < -0.3 is 9.15 Å². The topological polar surface area (TPSA) is 72.2 Å². The van der Waals surface area contributed by atoms with Gasteiger partial charge in [0.25, 0.3) is 0 Å². The first-order valence-electron chi connectivity index (χ1n) is 4.45. The third-order valence-electron chi connectivity index (χ3n) is 1.88. The number of nitrogens with zero attached hydrogens (tertiary/aromatic N) is 1. The average molecular weight is 206 g/mol. The van der Waals surface area contributed by atoms with Crippen LogP contribution in [0.4, 0.5) is 0 Å². The Balaban J connectivity index is 2.41. The second-order valence-corrected chi connectivity index (χ2v) is 2.88. The number of oxazole rings is 1. The molecule has 0 atom stereocenters. The van der Waals surface area contributed by atoms with E-state index in [0.717, 1.165) is 0 Å². The molecule has 0 spiro atoms. The number of hydrogen-bond donors (Lipinski definition) is 0. The van der Waals surface area contributed by atoms with Crippen LogP contribution in [0, 0.1) is 0 Å². The van der Waals surface area contributed by atoms with E-state index in [-0.39, 0.29) is 0 Å². The molecule has 0 fully saturated rings. The molecule has 77 valence electrons. The van der Waals surface area contributed by atoms with E-state index in [4.69, 9.17) is 9.15 Å². The Morgan fingerprint density at radius 2 is 2.33 bits per heavy atom.